The predicted molar refractivity (Wildman–Crippen MR) is 64.6 cm³/mol. The van der Waals surface area contributed by atoms with E-state index < -0.39 is 0 Å². The van der Waals surface area contributed by atoms with Gasteiger partial charge in [0.15, 0.2) is 0 Å². The molecule has 2 heteroatoms. The SMILES string of the molecule is CCCCCCCP(Br)C(C)C. The number of rotatable bonds is 7. The first kappa shape index (κ1) is 12.9. The topological polar surface area (TPSA) is 0 Å². The molecule has 0 saturated heterocycles. The van der Waals surface area contributed by atoms with Crippen molar-refractivity contribution in [2.75, 3.05) is 6.16 Å². The van der Waals surface area contributed by atoms with Crippen LogP contribution in [0.25, 0.3) is 0 Å². The van der Waals surface area contributed by atoms with Gasteiger partial charge in [0.05, 0.1) is 0 Å². The van der Waals surface area contributed by atoms with Crippen molar-refractivity contribution >= 4 is 22.1 Å². The third-order valence-corrected chi connectivity index (χ3v) is 7.42. The van der Waals surface area contributed by atoms with Crippen molar-refractivity contribution in [2.45, 2.75) is 58.5 Å². The highest BCUT2D eigenvalue weighted by molar-refractivity contribution is 9.39. The molecule has 0 aliphatic carbocycles. The van der Waals surface area contributed by atoms with Crippen LogP contribution in [0.4, 0.5) is 0 Å². The van der Waals surface area contributed by atoms with Crippen molar-refractivity contribution in [3.63, 3.8) is 0 Å². The Morgan fingerprint density at radius 1 is 1.08 bits per heavy atom. The zero-order valence-electron chi connectivity index (χ0n) is 8.65. The lowest BCUT2D eigenvalue weighted by molar-refractivity contribution is 0.658. The minimum Gasteiger partial charge on any atom is -0.0654 e. The molecule has 0 aromatic carbocycles. The van der Waals surface area contributed by atoms with Crippen molar-refractivity contribution in [3.05, 3.63) is 0 Å². The van der Waals surface area contributed by atoms with Gasteiger partial charge in [-0.2, -0.15) is 0 Å². The van der Waals surface area contributed by atoms with Crippen molar-refractivity contribution in [3.8, 4) is 0 Å². The zero-order chi connectivity index (χ0) is 9.40. The summed E-state index contributed by atoms with van der Waals surface area (Å²) in [5.74, 6) is 0. The molecule has 74 valence electrons. The van der Waals surface area contributed by atoms with Gasteiger partial charge in [-0.15, -0.1) is 0 Å². The second kappa shape index (κ2) is 8.51. The Bertz CT molecular complexity index is 93.8. The maximum absolute atomic E-state index is 3.78. The van der Waals surface area contributed by atoms with Crippen LogP contribution in [0.15, 0.2) is 0 Å². The standard InChI is InChI=1S/C10H22BrP/c1-4-5-6-7-8-9-12(11)10(2)3/h10H,4-9H2,1-3H3. The minimum absolute atomic E-state index is 0.152. The molecule has 0 radical (unpaired) electrons. The molecule has 0 amide bonds. The first-order chi connectivity index (χ1) is 5.68. The van der Waals surface area contributed by atoms with Crippen LogP contribution in [0.2, 0.25) is 0 Å². The number of hydrogen-bond acceptors (Lipinski definition) is 0. The molecule has 0 aromatic heterocycles. The summed E-state index contributed by atoms with van der Waals surface area (Å²) in [5.41, 5.74) is 0.853. The predicted octanol–water partition coefficient (Wildman–Crippen LogP) is 5.16. The Kier molecular flexibility index (Phi) is 9.15. The first-order valence-corrected chi connectivity index (χ1v) is 8.72. The van der Waals surface area contributed by atoms with Gasteiger partial charge in [-0.1, -0.05) is 61.9 Å². The van der Waals surface area contributed by atoms with Gasteiger partial charge in [0.1, 0.15) is 0 Å². The second-order valence-corrected chi connectivity index (χ2v) is 8.64. The molecular formula is C10H22BrP. The molecule has 0 aliphatic heterocycles. The third kappa shape index (κ3) is 7.55. The average Bonchev–Trinajstić information content (AvgIpc) is 2.03. The Balaban J connectivity index is 3.08. The molecule has 1 unspecified atom stereocenters. The second-order valence-electron chi connectivity index (χ2n) is 3.63. The van der Waals surface area contributed by atoms with Gasteiger partial charge in [0.25, 0.3) is 0 Å². The molecule has 0 N–H and O–H groups in total. The summed E-state index contributed by atoms with van der Waals surface area (Å²) in [4.78, 5) is 0. The van der Waals surface area contributed by atoms with Gasteiger partial charge in [-0.3, -0.25) is 0 Å². The van der Waals surface area contributed by atoms with E-state index in [2.05, 4.69) is 36.3 Å². The smallest absolute Gasteiger partial charge is 0.0168 e. The summed E-state index contributed by atoms with van der Waals surface area (Å²) in [6, 6.07) is 0. The quantitative estimate of drug-likeness (QED) is 0.434. The molecule has 0 bridgehead atoms. The van der Waals surface area contributed by atoms with Crippen LogP contribution in [-0.4, -0.2) is 11.8 Å². The van der Waals surface area contributed by atoms with E-state index in [9.17, 15) is 0 Å². The van der Waals surface area contributed by atoms with Crippen molar-refractivity contribution in [1.29, 1.82) is 0 Å². The largest absolute Gasteiger partial charge is 0.0654 e. The van der Waals surface area contributed by atoms with E-state index in [-0.39, 0.29) is 6.62 Å². The molecule has 0 heterocycles. The summed E-state index contributed by atoms with van der Waals surface area (Å²) in [7, 11) is 0. The van der Waals surface area contributed by atoms with E-state index >= 15 is 0 Å². The van der Waals surface area contributed by atoms with Gasteiger partial charge in [-0.05, 0) is 24.9 Å². The molecule has 0 nitrogen and oxygen atoms in total. The highest BCUT2D eigenvalue weighted by Gasteiger charge is 2.06. The molecular weight excluding hydrogens is 231 g/mol. The highest BCUT2D eigenvalue weighted by atomic mass is 79.9. The molecule has 0 aliphatic rings. The van der Waals surface area contributed by atoms with Gasteiger partial charge < -0.3 is 0 Å². The zero-order valence-corrected chi connectivity index (χ0v) is 11.1. The number of unbranched alkanes of at least 4 members (excludes halogenated alkanes) is 4. The van der Waals surface area contributed by atoms with Crippen molar-refractivity contribution in [1.82, 2.24) is 0 Å². The summed E-state index contributed by atoms with van der Waals surface area (Å²) >= 11 is 3.78. The van der Waals surface area contributed by atoms with Gasteiger partial charge >= 0.3 is 0 Å². The average molecular weight is 253 g/mol. The lowest BCUT2D eigenvalue weighted by Crippen LogP contribution is -1.91. The third-order valence-electron chi connectivity index (χ3n) is 2.04. The summed E-state index contributed by atoms with van der Waals surface area (Å²) in [6.07, 6.45) is 8.48. The van der Waals surface area contributed by atoms with Crippen LogP contribution in [0.5, 0.6) is 0 Å². The van der Waals surface area contributed by atoms with E-state index in [0.29, 0.717) is 0 Å². The molecule has 0 rings (SSSR count). The van der Waals surface area contributed by atoms with Crippen molar-refractivity contribution < 1.29 is 0 Å². The van der Waals surface area contributed by atoms with Crippen LogP contribution < -0.4 is 0 Å². The number of halogens is 1. The van der Waals surface area contributed by atoms with Crippen molar-refractivity contribution in [2.24, 2.45) is 0 Å². The Labute approximate surface area is 87.0 Å². The van der Waals surface area contributed by atoms with Crippen LogP contribution in [0.3, 0.4) is 0 Å². The van der Waals surface area contributed by atoms with E-state index in [0.717, 1.165) is 5.66 Å². The number of hydrogen-bond donors (Lipinski definition) is 0. The monoisotopic (exact) mass is 252 g/mol. The lowest BCUT2D eigenvalue weighted by Gasteiger charge is -2.13. The van der Waals surface area contributed by atoms with E-state index in [1.54, 1.807) is 0 Å². The molecule has 0 fully saturated rings. The highest BCUT2D eigenvalue weighted by Crippen LogP contribution is 2.49. The maximum atomic E-state index is 3.78. The van der Waals surface area contributed by atoms with E-state index in [4.69, 9.17) is 0 Å². The van der Waals surface area contributed by atoms with Crippen LogP contribution >= 0.6 is 22.1 Å². The van der Waals surface area contributed by atoms with Crippen LogP contribution in [-0.2, 0) is 0 Å². The van der Waals surface area contributed by atoms with Gasteiger partial charge in [0, 0.05) is 0 Å². The van der Waals surface area contributed by atoms with Gasteiger partial charge in [0.2, 0.25) is 0 Å². The molecule has 12 heavy (non-hydrogen) atoms. The fourth-order valence-corrected chi connectivity index (χ4v) is 2.92. The Hall–Kier alpha value is 0.910. The summed E-state index contributed by atoms with van der Waals surface area (Å²) in [6.45, 7) is 7.05. The Morgan fingerprint density at radius 3 is 2.17 bits per heavy atom. The molecule has 0 spiro atoms. The first-order valence-electron chi connectivity index (χ1n) is 5.11. The minimum atomic E-state index is 0.152. The maximum Gasteiger partial charge on any atom is -0.0168 e. The fraction of sp³-hybridized carbons (Fsp3) is 1.00. The lowest BCUT2D eigenvalue weighted by atomic mass is 10.2. The van der Waals surface area contributed by atoms with E-state index in [1.165, 1.54) is 38.3 Å². The van der Waals surface area contributed by atoms with Crippen LogP contribution in [0.1, 0.15) is 52.9 Å². The van der Waals surface area contributed by atoms with Gasteiger partial charge in [-0.25, -0.2) is 0 Å². The van der Waals surface area contributed by atoms with Crippen LogP contribution in [0, 0.1) is 0 Å². The normalized spacial score (nSPS) is 13.8. The summed E-state index contributed by atoms with van der Waals surface area (Å²) < 4.78 is 0. The Morgan fingerprint density at radius 2 is 1.67 bits per heavy atom. The molecule has 0 aromatic rings. The molecule has 0 saturated carbocycles. The molecule has 1 atom stereocenters. The van der Waals surface area contributed by atoms with E-state index in [1.807, 2.05) is 0 Å². The fourth-order valence-electron chi connectivity index (χ4n) is 1.12. The summed E-state index contributed by atoms with van der Waals surface area (Å²) in [5, 5.41) is 0.